The summed E-state index contributed by atoms with van der Waals surface area (Å²) in [5.74, 6) is 0.725. The Morgan fingerprint density at radius 3 is 2.81 bits per heavy atom. The molecular weight excluding hydrogens is 456 g/mol. The number of fused-ring (bicyclic) bond motifs is 4. The molecule has 6 rings (SSSR count). The van der Waals surface area contributed by atoms with Crippen molar-refractivity contribution >= 4 is 23.1 Å². The highest BCUT2D eigenvalue weighted by Crippen LogP contribution is 2.36. The first kappa shape index (κ1) is 22.9. The number of aryl methyl sites for hydroxylation is 3. The molecule has 1 saturated carbocycles. The number of hydrogen-bond acceptors (Lipinski definition) is 7. The van der Waals surface area contributed by atoms with Crippen LogP contribution in [0.1, 0.15) is 48.1 Å². The summed E-state index contributed by atoms with van der Waals surface area (Å²) in [6.45, 7) is 7.96. The van der Waals surface area contributed by atoms with Crippen molar-refractivity contribution in [2.45, 2.75) is 58.8 Å². The van der Waals surface area contributed by atoms with Crippen LogP contribution in [-0.2, 0) is 20.1 Å². The van der Waals surface area contributed by atoms with Crippen molar-refractivity contribution < 1.29 is 9.84 Å². The molecule has 1 aliphatic heterocycles. The Balaban J connectivity index is 1.54. The first-order valence-corrected chi connectivity index (χ1v) is 12.6. The maximum atomic E-state index is 9.65. The van der Waals surface area contributed by atoms with Crippen LogP contribution < -0.4 is 4.74 Å². The molecule has 0 aromatic carbocycles. The molecule has 2 N–H and O–H groups in total. The van der Waals surface area contributed by atoms with Crippen molar-refractivity contribution in [3.05, 3.63) is 40.6 Å². The van der Waals surface area contributed by atoms with Crippen LogP contribution >= 0.6 is 0 Å². The highest BCUT2D eigenvalue weighted by atomic mass is 16.5. The number of ether oxygens (including phenoxy) is 1. The van der Waals surface area contributed by atoms with Gasteiger partial charge >= 0.3 is 0 Å². The van der Waals surface area contributed by atoms with Gasteiger partial charge in [0.05, 0.1) is 53.4 Å². The molecule has 1 fully saturated rings. The Morgan fingerprint density at radius 2 is 2.03 bits per heavy atom. The van der Waals surface area contributed by atoms with E-state index in [2.05, 4.69) is 50.4 Å². The molecular formula is C26H32N8O2. The standard InChI is InChI=1S/C26H32N8O2/c1-15-14-36-26-24(16(2)31-32(26)4)22-11-20-21(29-30-25(20)17(3)28-22)8-5-18-12-27-34(9-10-35)23(18)13-33(15)19-6-7-19/h5,8,11-12,15,19,35H,6-7,9-10,13-14H2,1-4H3,(H,29,30)/b8-5+/t15-/m1/s1. The maximum Gasteiger partial charge on any atom is 0.221 e. The lowest BCUT2D eigenvalue weighted by atomic mass is 10.1. The fourth-order valence-corrected chi connectivity index (χ4v) is 5.26. The number of rotatable bonds is 3. The Morgan fingerprint density at radius 1 is 1.19 bits per heavy atom. The third kappa shape index (κ3) is 3.90. The largest absolute Gasteiger partial charge is 0.476 e. The maximum absolute atomic E-state index is 9.65. The van der Waals surface area contributed by atoms with Crippen LogP contribution in [0.2, 0.25) is 0 Å². The number of nitrogens with one attached hydrogen (secondary N) is 1. The molecule has 10 heteroatoms. The molecule has 5 heterocycles. The average molecular weight is 489 g/mol. The summed E-state index contributed by atoms with van der Waals surface area (Å²) >= 11 is 0. The molecule has 0 saturated heterocycles. The summed E-state index contributed by atoms with van der Waals surface area (Å²) in [6.07, 6.45) is 8.39. The van der Waals surface area contributed by atoms with Crippen molar-refractivity contribution in [3.8, 4) is 17.1 Å². The molecule has 0 unspecified atom stereocenters. The predicted molar refractivity (Wildman–Crippen MR) is 137 cm³/mol. The molecule has 4 aromatic heterocycles. The van der Waals surface area contributed by atoms with E-state index in [4.69, 9.17) is 9.72 Å². The molecule has 4 aromatic rings. The summed E-state index contributed by atoms with van der Waals surface area (Å²) in [7, 11) is 1.92. The number of aromatic amines is 1. The number of H-pyrrole nitrogens is 1. The second-order valence-corrected chi connectivity index (χ2v) is 9.91. The van der Waals surface area contributed by atoms with Gasteiger partial charge in [-0.3, -0.25) is 19.7 Å². The van der Waals surface area contributed by atoms with Gasteiger partial charge in [-0.25, -0.2) is 4.68 Å². The van der Waals surface area contributed by atoms with E-state index in [1.807, 2.05) is 36.5 Å². The van der Waals surface area contributed by atoms with E-state index < -0.39 is 0 Å². The van der Waals surface area contributed by atoms with E-state index in [-0.39, 0.29) is 12.6 Å². The molecule has 0 spiro atoms. The molecule has 0 radical (unpaired) electrons. The van der Waals surface area contributed by atoms with E-state index in [9.17, 15) is 5.11 Å². The van der Waals surface area contributed by atoms with Gasteiger partial charge in [0.15, 0.2) is 0 Å². The van der Waals surface area contributed by atoms with Gasteiger partial charge in [-0.15, -0.1) is 0 Å². The Hall–Kier alpha value is -3.50. The van der Waals surface area contributed by atoms with Crippen LogP contribution in [-0.4, -0.2) is 70.0 Å². The number of aliphatic hydroxyl groups excluding tert-OH is 1. The first-order valence-electron chi connectivity index (χ1n) is 12.6. The summed E-state index contributed by atoms with van der Waals surface area (Å²) in [4.78, 5) is 7.39. The minimum absolute atomic E-state index is 0.0444. The molecule has 2 aliphatic rings. The zero-order chi connectivity index (χ0) is 25.0. The topological polar surface area (TPSA) is 110 Å². The number of pyridine rings is 1. The van der Waals surface area contributed by atoms with Gasteiger partial charge < -0.3 is 9.84 Å². The van der Waals surface area contributed by atoms with Gasteiger partial charge in [0, 0.05) is 36.6 Å². The summed E-state index contributed by atoms with van der Waals surface area (Å²) in [6, 6.07) is 2.76. The van der Waals surface area contributed by atoms with Crippen LogP contribution in [0.5, 0.6) is 5.88 Å². The summed E-state index contributed by atoms with van der Waals surface area (Å²) < 4.78 is 10.2. The quantitative estimate of drug-likeness (QED) is 0.456. The fourth-order valence-electron chi connectivity index (χ4n) is 5.26. The molecule has 2 bridgehead atoms. The Kier molecular flexibility index (Phi) is 5.65. The summed E-state index contributed by atoms with van der Waals surface area (Å²) in [5, 5.41) is 27.6. The molecule has 1 aliphatic carbocycles. The predicted octanol–water partition coefficient (Wildman–Crippen LogP) is 3.08. The highest BCUT2D eigenvalue weighted by Gasteiger charge is 2.34. The Labute approximate surface area is 209 Å². The number of hydrogen-bond donors (Lipinski definition) is 2. The minimum atomic E-state index is 0.0444. The van der Waals surface area contributed by atoms with Crippen molar-refractivity contribution in [2.75, 3.05) is 13.2 Å². The monoisotopic (exact) mass is 488 g/mol. The van der Waals surface area contributed by atoms with E-state index in [0.29, 0.717) is 19.2 Å². The summed E-state index contributed by atoms with van der Waals surface area (Å²) in [5.41, 5.74) is 7.35. The van der Waals surface area contributed by atoms with Gasteiger partial charge in [-0.05, 0) is 51.8 Å². The normalized spacial score (nSPS) is 19.5. The van der Waals surface area contributed by atoms with Gasteiger partial charge in [0.2, 0.25) is 5.88 Å². The molecule has 188 valence electrons. The lowest BCUT2D eigenvalue weighted by molar-refractivity contribution is 0.123. The minimum Gasteiger partial charge on any atom is -0.476 e. The molecule has 36 heavy (non-hydrogen) atoms. The SMILES string of the molecule is Cc1nn(C)c2c1-c1cc3c([nH]nc3c(C)n1)/C=C/c1cnn(CCO)c1CN(C1CC1)[C@H](C)CO2. The van der Waals surface area contributed by atoms with Crippen molar-refractivity contribution in [1.29, 1.82) is 0 Å². The molecule has 0 amide bonds. The number of aromatic nitrogens is 7. The zero-order valence-electron chi connectivity index (χ0n) is 21.2. The molecule has 10 nitrogen and oxygen atoms in total. The van der Waals surface area contributed by atoms with Crippen LogP contribution in [0.25, 0.3) is 34.3 Å². The number of nitrogens with zero attached hydrogens (tertiary/aromatic N) is 7. The first-order chi connectivity index (χ1) is 17.4. The third-order valence-electron chi connectivity index (χ3n) is 7.27. The fraction of sp³-hybridized carbons (Fsp3) is 0.462. The average Bonchev–Trinajstić information content (AvgIpc) is 3.39. The van der Waals surface area contributed by atoms with Crippen molar-refractivity contribution in [1.82, 2.24) is 39.6 Å². The molecule has 1 atom stereocenters. The smallest absolute Gasteiger partial charge is 0.221 e. The van der Waals surface area contributed by atoms with Gasteiger partial charge in [-0.1, -0.05) is 0 Å². The van der Waals surface area contributed by atoms with Crippen LogP contribution in [0.3, 0.4) is 0 Å². The van der Waals surface area contributed by atoms with Gasteiger partial charge in [0.1, 0.15) is 12.1 Å². The van der Waals surface area contributed by atoms with Crippen LogP contribution in [0.15, 0.2) is 12.3 Å². The van der Waals surface area contributed by atoms with E-state index in [1.165, 1.54) is 12.8 Å². The lowest BCUT2D eigenvalue weighted by Gasteiger charge is -2.29. The third-order valence-corrected chi connectivity index (χ3v) is 7.27. The van der Waals surface area contributed by atoms with Crippen LogP contribution in [0.4, 0.5) is 0 Å². The van der Waals surface area contributed by atoms with Gasteiger partial charge in [-0.2, -0.15) is 15.3 Å². The number of aliphatic hydroxyl groups is 1. The van der Waals surface area contributed by atoms with Crippen molar-refractivity contribution in [3.63, 3.8) is 0 Å². The zero-order valence-corrected chi connectivity index (χ0v) is 21.2. The van der Waals surface area contributed by atoms with Gasteiger partial charge in [0.25, 0.3) is 0 Å². The lowest BCUT2D eigenvalue weighted by Crippen LogP contribution is -2.39. The van der Waals surface area contributed by atoms with Crippen molar-refractivity contribution in [2.24, 2.45) is 7.05 Å². The second-order valence-electron chi connectivity index (χ2n) is 9.91. The van der Waals surface area contributed by atoms with Crippen LogP contribution in [0, 0.1) is 13.8 Å². The van der Waals surface area contributed by atoms with E-state index in [1.54, 1.807) is 0 Å². The van der Waals surface area contributed by atoms with E-state index >= 15 is 0 Å². The van der Waals surface area contributed by atoms with E-state index in [0.717, 1.165) is 62.9 Å². The second kappa shape index (κ2) is 8.86. The Bertz CT molecular complexity index is 1460. The highest BCUT2D eigenvalue weighted by molar-refractivity contribution is 5.93.